The topological polar surface area (TPSA) is 44.8 Å². The van der Waals surface area contributed by atoms with Crippen molar-refractivity contribution in [3.8, 4) is 0 Å². The average molecular weight is 283 g/mol. The maximum absolute atomic E-state index is 12.2. The van der Waals surface area contributed by atoms with Crippen molar-refractivity contribution in [2.24, 2.45) is 5.92 Å². The molecule has 0 saturated carbocycles. The fourth-order valence-electron chi connectivity index (χ4n) is 2.95. The minimum Gasteiger partial charge on any atom is -0.460 e. The van der Waals surface area contributed by atoms with Gasteiger partial charge < -0.3 is 15.0 Å². The van der Waals surface area contributed by atoms with Crippen molar-refractivity contribution >= 4 is 5.97 Å². The molecular formula is C15H29N3O2. The summed E-state index contributed by atoms with van der Waals surface area (Å²) in [5.41, 5.74) is -0.391. The van der Waals surface area contributed by atoms with E-state index >= 15 is 0 Å². The van der Waals surface area contributed by atoms with Gasteiger partial charge in [-0.05, 0) is 34.2 Å². The Labute approximate surface area is 122 Å². The summed E-state index contributed by atoms with van der Waals surface area (Å²) < 4.78 is 5.52. The standard InChI is InChI=1S/C15H29N3O2/c1-15(2,3)20-14(19)12-9-13(11-16-10-12)18-7-5-17(4)6-8-18/h12-13,16H,5-11H2,1-4H3/t12-,13+/m0/s1. The maximum Gasteiger partial charge on any atom is 0.310 e. The Hall–Kier alpha value is -0.650. The van der Waals surface area contributed by atoms with Crippen LogP contribution in [0.3, 0.4) is 0 Å². The lowest BCUT2D eigenvalue weighted by atomic mass is 9.94. The first-order valence-corrected chi connectivity index (χ1v) is 7.71. The lowest BCUT2D eigenvalue weighted by molar-refractivity contribution is -0.161. The second-order valence-corrected chi connectivity index (χ2v) is 7.12. The van der Waals surface area contributed by atoms with Crippen LogP contribution in [0.25, 0.3) is 0 Å². The van der Waals surface area contributed by atoms with Gasteiger partial charge >= 0.3 is 5.97 Å². The maximum atomic E-state index is 12.2. The van der Waals surface area contributed by atoms with Crippen LogP contribution in [-0.2, 0) is 9.53 Å². The van der Waals surface area contributed by atoms with Crippen molar-refractivity contribution in [1.82, 2.24) is 15.1 Å². The molecular weight excluding hydrogens is 254 g/mol. The number of likely N-dealkylation sites (N-methyl/N-ethyl adjacent to an activating group) is 1. The fourth-order valence-corrected chi connectivity index (χ4v) is 2.95. The second kappa shape index (κ2) is 6.41. The molecule has 2 fully saturated rings. The van der Waals surface area contributed by atoms with E-state index in [4.69, 9.17) is 4.74 Å². The average Bonchev–Trinajstić information content (AvgIpc) is 2.38. The van der Waals surface area contributed by atoms with Crippen molar-refractivity contribution in [2.75, 3.05) is 46.3 Å². The highest BCUT2D eigenvalue weighted by molar-refractivity contribution is 5.73. The zero-order chi connectivity index (χ0) is 14.8. The van der Waals surface area contributed by atoms with Gasteiger partial charge in [-0.2, -0.15) is 0 Å². The first-order valence-electron chi connectivity index (χ1n) is 7.71. The van der Waals surface area contributed by atoms with E-state index < -0.39 is 5.60 Å². The molecule has 2 aliphatic rings. The quantitative estimate of drug-likeness (QED) is 0.750. The van der Waals surface area contributed by atoms with Crippen LogP contribution < -0.4 is 5.32 Å². The minimum atomic E-state index is -0.391. The van der Waals surface area contributed by atoms with E-state index in [0.29, 0.717) is 6.04 Å². The molecule has 5 nitrogen and oxygen atoms in total. The highest BCUT2D eigenvalue weighted by Crippen LogP contribution is 2.21. The van der Waals surface area contributed by atoms with Crippen LogP contribution in [0.4, 0.5) is 0 Å². The Morgan fingerprint density at radius 1 is 1.15 bits per heavy atom. The van der Waals surface area contributed by atoms with Gasteiger partial charge in [0, 0.05) is 45.3 Å². The Morgan fingerprint density at radius 2 is 1.80 bits per heavy atom. The number of esters is 1. The summed E-state index contributed by atoms with van der Waals surface area (Å²) >= 11 is 0. The van der Waals surface area contributed by atoms with Crippen LogP contribution in [0.15, 0.2) is 0 Å². The molecule has 0 unspecified atom stereocenters. The number of hydrogen-bond acceptors (Lipinski definition) is 5. The molecule has 0 spiro atoms. The minimum absolute atomic E-state index is 0.00682. The molecule has 20 heavy (non-hydrogen) atoms. The molecule has 2 saturated heterocycles. The van der Waals surface area contributed by atoms with Crippen molar-refractivity contribution < 1.29 is 9.53 Å². The predicted octanol–water partition coefficient (Wildman–Crippen LogP) is 0.554. The first-order chi connectivity index (χ1) is 9.35. The molecule has 0 aliphatic carbocycles. The number of piperazine rings is 1. The van der Waals surface area contributed by atoms with E-state index in [-0.39, 0.29) is 11.9 Å². The molecule has 116 valence electrons. The summed E-state index contributed by atoms with van der Waals surface area (Å²) in [6.45, 7) is 12.0. The van der Waals surface area contributed by atoms with Crippen LogP contribution in [-0.4, -0.2) is 73.7 Å². The Bertz CT molecular complexity index is 333. The lowest BCUT2D eigenvalue weighted by Gasteiger charge is -2.41. The fraction of sp³-hybridized carbons (Fsp3) is 0.933. The van der Waals surface area contributed by atoms with Crippen molar-refractivity contribution in [2.45, 2.75) is 38.8 Å². The summed E-state index contributed by atoms with van der Waals surface area (Å²) in [5.74, 6) is -0.0588. The van der Waals surface area contributed by atoms with Crippen molar-refractivity contribution in [3.05, 3.63) is 0 Å². The van der Waals surface area contributed by atoms with Crippen molar-refractivity contribution in [1.29, 1.82) is 0 Å². The monoisotopic (exact) mass is 283 g/mol. The van der Waals surface area contributed by atoms with Gasteiger partial charge in [0.1, 0.15) is 5.60 Å². The van der Waals surface area contributed by atoms with E-state index in [2.05, 4.69) is 22.2 Å². The molecule has 0 aromatic carbocycles. The summed E-state index contributed by atoms with van der Waals surface area (Å²) in [6, 6.07) is 0.468. The Kier molecular flexibility index (Phi) is 5.04. The van der Waals surface area contributed by atoms with Crippen LogP contribution in [0, 0.1) is 5.92 Å². The van der Waals surface area contributed by atoms with Gasteiger partial charge in [-0.25, -0.2) is 0 Å². The number of nitrogens with one attached hydrogen (secondary N) is 1. The molecule has 5 heteroatoms. The van der Waals surface area contributed by atoms with Crippen LogP contribution >= 0.6 is 0 Å². The zero-order valence-electron chi connectivity index (χ0n) is 13.3. The summed E-state index contributed by atoms with van der Waals surface area (Å²) in [4.78, 5) is 17.1. The molecule has 0 radical (unpaired) electrons. The van der Waals surface area contributed by atoms with Crippen LogP contribution in [0.5, 0.6) is 0 Å². The van der Waals surface area contributed by atoms with Gasteiger partial charge in [-0.3, -0.25) is 9.69 Å². The third kappa shape index (κ3) is 4.43. The Balaban J connectivity index is 1.86. The summed E-state index contributed by atoms with van der Waals surface area (Å²) in [5, 5.41) is 3.40. The SMILES string of the molecule is CN1CCN([C@H]2CNC[C@@H](C(=O)OC(C)(C)C)C2)CC1. The van der Waals surface area contributed by atoms with Gasteiger partial charge in [-0.15, -0.1) is 0 Å². The molecule has 2 aliphatic heterocycles. The van der Waals surface area contributed by atoms with E-state index in [1.165, 1.54) is 0 Å². The number of nitrogens with zero attached hydrogens (tertiary/aromatic N) is 2. The number of carbonyl (C=O) groups excluding carboxylic acids is 1. The van der Waals surface area contributed by atoms with E-state index in [1.807, 2.05) is 20.8 Å². The lowest BCUT2D eigenvalue weighted by Crippen LogP contribution is -2.56. The number of carbonyl (C=O) groups is 1. The highest BCUT2D eigenvalue weighted by atomic mass is 16.6. The van der Waals surface area contributed by atoms with Gasteiger partial charge in [0.15, 0.2) is 0 Å². The third-order valence-electron chi connectivity index (χ3n) is 4.12. The van der Waals surface area contributed by atoms with E-state index in [0.717, 1.165) is 45.7 Å². The van der Waals surface area contributed by atoms with Gasteiger partial charge in [0.25, 0.3) is 0 Å². The van der Waals surface area contributed by atoms with Gasteiger partial charge in [0.2, 0.25) is 0 Å². The smallest absolute Gasteiger partial charge is 0.310 e. The molecule has 0 amide bonds. The number of hydrogen-bond donors (Lipinski definition) is 1. The molecule has 2 atom stereocenters. The molecule has 0 aromatic rings. The van der Waals surface area contributed by atoms with E-state index in [1.54, 1.807) is 0 Å². The van der Waals surface area contributed by atoms with E-state index in [9.17, 15) is 4.79 Å². The van der Waals surface area contributed by atoms with Crippen LogP contribution in [0.1, 0.15) is 27.2 Å². The third-order valence-corrected chi connectivity index (χ3v) is 4.12. The number of piperidine rings is 1. The largest absolute Gasteiger partial charge is 0.460 e. The normalized spacial score (nSPS) is 30.2. The van der Waals surface area contributed by atoms with Crippen LogP contribution in [0.2, 0.25) is 0 Å². The molecule has 1 N–H and O–H groups in total. The van der Waals surface area contributed by atoms with Gasteiger partial charge in [0.05, 0.1) is 5.92 Å². The number of rotatable bonds is 2. The van der Waals surface area contributed by atoms with Gasteiger partial charge in [-0.1, -0.05) is 0 Å². The van der Waals surface area contributed by atoms with Crippen molar-refractivity contribution in [3.63, 3.8) is 0 Å². The molecule has 2 rings (SSSR count). The first kappa shape index (κ1) is 15.7. The Morgan fingerprint density at radius 3 is 2.40 bits per heavy atom. The summed E-state index contributed by atoms with van der Waals surface area (Å²) in [7, 11) is 2.17. The second-order valence-electron chi connectivity index (χ2n) is 7.12. The summed E-state index contributed by atoms with van der Waals surface area (Å²) in [6.07, 6.45) is 0.922. The highest BCUT2D eigenvalue weighted by Gasteiger charge is 2.33. The molecule has 2 heterocycles. The molecule has 0 aromatic heterocycles. The predicted molar refractivity (Wildman–Crippen MR) is 79.7 cm³/mol. The molecule has 0 bridgehead atoms. The zero-order valence-corrected chi connectivity index (χ0v) is 13.3. The number of ether oxygens (including phenoxy) is 1.